The Morgan fingerprint density at radius 1 is 1.15 bits per heavy atom. The number of rotatable bonds is 8. The van der Waals surface area contributed by atoms with E-state index in [1.54, 1.807) is 0 Å². The molecule has 0 aliphatic rings. The van der Waals surface area contributed by atoms with Crippen LogP contribution in [0.15, 0.2) is 0 Å². The molecule has 0 heterocycles. The van der Waals surface area contributed by atoms with Crippen LogP contribution in [-0.2, 0) is 0 Å². The summed E-state index contributed by atoms with van der Waals surface area (Å²) in [6.45, 7) is 6.84. The second-order valence-electron chi connectivity index (χ2n) is 3.55. The molecule has 80 valence electrons. The van der Waals surface area contributed by atoms with Crippen LogP contribution in [0.5, 0.6) is 0 Å². The molecule has 0 bridgehead atoms. The Kier molecular flexibility index (Phi) is 9.10. The van der Waals surface area contributed by atoms with E-state index in [0.717, 1.165) is 5.92 Å². The summed E-state index contributed by atoms with van der Waals surface area (Å²) in [4.78, 5) is 0. The van der Waals surface area contributed by atoms with Crippen molar-refractivity contribution in [1.29, 1.82) is 0 Å². The van der Waals surface area contributed by atoms with Gasteiger partial charge in [-0.2, -0.15) is 11.8 Å². The van der Waals surface area contributed by atoms with Gasteiger partial charge in [0.05, 0.1) is 0 Å². The van der Waals surface area contributed by atoms with Gasteiger partial charge in [-0.1, -0.05) is 33.6 Å². The summed E-state index contributed by atoms with van der Waals surface area (Å²) in [5.41, 5.74) is 0. The van der Waals surface area contributed by atoms with Crippen molar-refractivity contribution in [3.05, 3.63) is 0 Å². The molecule has 0 aromatic rings. The molecule has 1 unspecified atom stereocenters. The molecule has 0 amide bonds. The maximum Gasteiger partial charge on any atom is 0.0183 e. The largest absolute Gasteiger partial charge is 0.316 e. The Balaban J connectivity index is 3.71. The first-order chi connectivity index (χ1) is 6.29. The molecule has 1 atom stereocenters. The molecule has 13 heavy (non-hydrogen) atoms. The summed E-state index contributed by atoms with van der Waals surface area (Å²) in [6.07, 6.45) is 3.90. The number of thioether (sulfide) groups is 1. The fourth-order valence-electron chi connectivity index (χ4n) is 1.67. The minimum Gasteiger partial charge on any atom is -0.316 e. The van der Waals surface area contributed by atoms with Crippen molar-refractivity contribution >= 4 is 11.8 Å². The van der Waals surface area contributed by atoms with Crippen LogP contribution in [-0.4, -0.2) is 24.6 Å². The third-order valence-electron chi connectivity index (χ3n) is 2.63. The second-order valence-corrected chi connectivity index (χ2v) is 4.70. The smallest absolute Gasteiger partial charge is 0.0183 e. The van der Waals surface area contributed by atoms with Crippen molar-refractivity contribution in [2.24, 2.45) is 5.92 Å². The summed E-state index contributed by atoms with van der Waals surface area (Å²) in [5.74, 6) is 3.43. The molecule has 0 aliphatic carbocycles. The minimum atomic E-state index is 0.714. The summed E-state index contributed by atoms with van der Waals surface area (Å²) in [6, 6.07) is 0.714. The minimum absolute atomic E-state index is 0.714. The Morgan fingerprint density at radius 3 is 2.15 bits per heavy atom. The zero-order valence-corrected chi connectivity index (χ0v) is 10.4. The molecule has 0 fully saturated rings. The van der Waals surface area contributed by atoms with Crippen molar-refractivity contribution in [3.63, 3.8) is 0 Å². The Labute approximate surface area is 88.1 Å². The standard InChI is InChI=1S/C11H25NS/c1-5-8-13-9-11(12-4)10(6-2)7-3/h10-12H,5-9H2,1-4H3. The van der Waals surface area contributed by atoms with Crippen molar-refractivity contribution in [2.75, 3.05) is 18.6 Å². The molecule has 0 saturated carbocycles. The zero-order chi connectivity index (χ0) is 10.1. The van der Waals surface area contributed by atoms with Gasteiger partial charge in [0.2, 0.25) is 0 Å². The van der Waals surface area contributed by atoms with Crippen LogP contribution >= 0.6 is 11.8 Å². The van der Waals surface area contributed by atoms with Crippen LogP contribution in [0.2, 0.25) is 0 Å². The molecule has 0 rings (SSSR count). The SMILES string of the molecule is CCCSCC(NC)C(CC)CC. The highest BCUT2D eigenvalue weighted by Gasteiger charge is 2.15. The van der Waals surface area contributed by atoms with Crippen molar-refractivity contribution < 1.29 is 0 Å². The monoisotopic (exact) mass is 203 g/mol. The van der Waals surface area contributed by atoms with Gasteiger partial charge >= 0.3 is 0 Å². The van der Waals surface area contributed by atoms with E-state index < -0.39 is 0 Å². The highest BCUT2D eigenvalue weighted by Crippen LogP contribution is 2.17. The van der Waals surface area contributed by atoms with E-state index in [0.29, 0.717) is 6.04 Å². The molecule has 0 radical (unpaired) electrons. The van der Waals surface area contributed by atoms with E-state index in [4.69, 9.17) is 0 Å². The van der Waals surface area contributed by atoms with E-state index in [2.05, 4.69) is 44.9 Å². The van der Waals surface area contributed by atoms with Gasteiger partial charge in [0, 0.05) is 11.8 Å². The van der Waals surface area contributed by atoms with Gasteiger partial charge in [-0.25, -0.2) is 0 Å². The Morgan fingerprint density at radius 2 is 1.77 bits per heavy atom. The predicted octanol–water partition coefficient (Wildman–Crippen LogP) is 3.15. The lowest BCUT2D eigenvalue weighted by molar-refractivity contribution is 0.378. The predicted molar refractivity (Wildman–Crippen MR) is 64.5 cm³/mol. The van der Waals surface area contributed by atoms with Crippen LogP contribution in [0.1, 0.15) is 40.0 Å². The second kappa shape index (κ2) is 8.89. The summed E-state index contributed by atoms with van der Waals surface area (Å²) < 4.78 is 0. The third-order valence-corrected chi connectivity index (χ3v) is 3.93. The van der Waals surface area contributed by atoms with Crippen molar-refractivity contribution in [3.8, 4) is 0 Å². The zero-order valence-electron chi connectivity index (χ0n) is 9.60. The lowest BCUT2D eigenvalue weighted by Gasteiger charge is -2.24. The molecule has 2 heteroatoms. The van der Waals surface area contributed by atoms with E-state index in [1.165, 1.54) is 30.8 Å². The molecular formula is C11H25NS. The van der Waals surface area contributed by atoms with Crippen LogP contribution in [0.3, 0.4) is 0 Å². The van der Waals surface area contributed by atoms with E-state index in [-0.39, 0.29) is 0 Å². The summed E-state index contributed by atoms with van der Waals surface area (Å²) >= 11 is 2.08. The highest BCUT2D eigenvalue weighted by molar-refractivity contribution is 7.99. The molecule has 1 nitrogen and oxygen atoms in total. The molecular weight excluding hydrogens is 178 g/mol. The van der Waals surface area contributed by atoms with Crippen LogP contribution in [0, 0.1) is 5.92 Å². The van der Waals surface area contributed by atoms with Gasteiger partial charge in [0.25, 0.3) is 0 Å². The van der Waals surface area contributed by atoms with Gasteiger partial charge in [0.1, 0.15) is 0 Å². The van der Waals surface area contributed by atoms with Crippen LogP contribution in [0.25, 0.3) is 0 Å². The van der Waals surface area contributed by atoms with Gasteiger partial charge in [-0.3, -0.25) is 0 Å². The van der Waals surface area contributed by atoms with Gasteiger partial charge in [0.15, 0.2) is 0 Å². The lowest BCUT2D eigenvalue weighted by atomic mass is 9.96. The molecule has 1 N–H and O–H groups in total. The fourth-order valence-corrected chi connectivity index (χ4v) is 2.82. The van der Waals surface area contributed by atoms with E-state index in [9.17, 15) is 0 Å². The number of hydrogen-bond donors (Lipinski definition) is 1. The average Bonchev–Trinajstić information content (AvgIpc) is 2.17. The first-order valence-corrected chi connectivity index (χ1v) is 6.70. The first kappa shape index (κ1) is 13.3. The molecule has 0 aromatic heterocycles. The Hall–Kier alpha value is 0.310. The summed E-state index contributed by atoms with van der Waals surface area (Å²) in [5, 5.41) is 3.44. The van der Waals surface area contributed by atoms with Gasteiger partial charge < -0.3 is 5.32 Å². The van der Waals surface area contributed by atoms with Crippen LogP contribution in [0.4, 0.5) is 0 Å². The van der Waals surface area contributed by atoms with Gasteiger partial charge in [-0.05, 0) is 25.1 Å². The maximum absolute atomic E-state index is 3.44. The normalized spacial score (nSPS) is 13.6. The van der Waals surface area contributed by atoms with Crippen molar-refractivity contribution in [1.82, 2.24) is 5.32 Å². The van der Waals surface area contributed by atoms with Gasteiger partial charge in [-0.15, -0.1) is 0 Å². The number of nitrogens with one attached hydrogen (secondary N) is 1. The van der Waals surface area contributed by atoms with E-state index >= 15 is 0 Å². The average molecular weight is 203 g/mol. The van der Waals surface area contributed by atoms with E-state index in [1.807, 2.05) is 0 Å². The third kappa shape index (κ3) is 5.58. The number of hydrogen-bond acceptors (Lipinski definition) is 2. The highest BCUT2D eigenvalue weighted by atomic mass is 32.2. The molecule has 0 aliphatic heterocycles. The van der Waals surface area contributed by atoms with Crippen molar-refractivity contribution in [2.45, 2.75) is 46.1 Å². The summed E-state index contributed by atoms with van der Waals surface area (Å²) in [7, 11) is 2.09. The fraction of sp³-hybridized carbons (Fsp3) is 1.00. The molecule has 0 aromatic carbocycles. The van der Waals surface area contributed by atoms with Crippen LogP contribution < -0.4 is 5.32 Å². The lowest BCUT2D eigenvalue weighted by Crippen LogP contribution is -2.35. The topological polar surface area (TPSA) is 12.0 Å². The Bertz CT molecular complexity index is 102. The quantitative estimate of drug-likeness (QED) is 0.608. The molecule has 0 spiro atoms. The molecule has 0 saturated heterocycles. The maximum atomic E-state index is 3.44. The first-order valence-electron chi connectivity index (χ1n) is 5.55.